The van der Waals surface area contributed by atoms with Crippen molar-refractivity contribution in [1.82, 2.24) is 0 Å². The number of rotatable bonds is 1. The number of aliphatic imine (C=N–C) groups is 2. The van der Waals surface area contributed by atoms with E-state index in [2.05, 4.69) is 37.5 Å². The molecule has 0 unspecified atom stereocenters. The molecule has 0 amide bonds. The molecule has 0 radical (unpaired) electrons. The van der Waals surface area contributed by atoms with Gasteiger partial charge in [0.05, 0.1) is 0 Å². The van der Waals surface area contributed by atoms with E-state index >= 15 is 0 Å². The van der Waals surface area contributed by atoms with Crippen molar-refractivity contribution in [3.63, 3.8) is 0 Å². The average Bonchev–Trinajstić information content (AvgIpc) is 1.85. The first kappa shape index (κ1) is 11.1. The van der Waals surface area contributed by atoms with E-state index in [1.54, 1.807) is 0 Å². The Labute approximate surface area is 75.1 Å². The molecule has 12 heavy (non-hydrogen) atoms. The van der Waals surface area contributed by atoms with E-state index in [1.165, 1.54) is 5.57 Å². The predicted molar refractivity (Wildman–Crippen MR) is 55.9 cm³/mol. The van der Waals surface area contributed by atoms with Gasteiger partial charge in [-0.15, -0.1) is 0 Å². The molecule has 0 bridgehead atoms. The lowest BCUT2D eigenvalue weighted by Crippen LogP contribution is -2.17. The number of allylic oxidation sites excluding steroid dienone is 1. The zero-order chi connectivity index (χ0) is 9.78. The van der Waals surface area contributed by atoms with E-state index in [9.17, 15) is 0 Å². The van der Waals surface area contributed by atoms with Crippen LogP contribution in [0.1, 0.15) is 34.6 Å². The molecule has 0 aliphatic rings. The van der Waals surface area contributed by atoms with E-state index in [1.807, 2.05) is 20.0 Å². The Kier molecular flexibility index (Phi) is 3.87. The minimum atomic E-state index is -0.0201. The number of amidine groups is 1. The van der Waals surface area contributed by atoms with Crippen molar-refractivity contribution < 1.29 is 0 Å². The lowest BCUT2D eigenvalue weighted by atomic mass is 9.95. The molecule has 0 heterocycles. The molecule has 0 N–H and O–H groups in total. The summed E-state index contributed by atoms with van der Waals surface area (Å²) >= 11 is 0. The maximum absolute atomic E-state index is 4.24. The van der Waals surface area contributed by atoms with Crippen molar-refractivity contribution in [2.75, 3.05) is 0 Å². The van der Waals surface area contributed by atoms with Crippen LogP contribution in [0, 0.1) is 5.41 Å². The van der Waals surface area contributed by atoms with Crippen LogP contribution in [0.3, 0.4) is 0 Å². The second-order valence-corrected chi connectivity index (χ2v) is 4.07. The Hall–Kier alpha value is -0.920. The van der Waals surface area contributed by atoms with Crippen LogP contribution < -0.4 is 0 Å². The van der Waals surface area contributed by atoms with Crippen LogP contribution >= 0.6 is 0 Å². The Balaban J connectivity index is 4.68. The summed E-state index contributed by atoms with van der Waals surface area (Å²) in [5.41, 5.74) is 1.15. The third-order valence-corrected chi connectivity index (χ3v) is 1.27. The number of hydrogen-bond donors (Lipinski definition) is 0. The minimum absolute atomic E-state index is 0.0201. The molecule has 0 rings (SSSR count). The van der Waals surface area contributed by atoms with E-state index in [-0.39, 0.29) is 5.41 Å². The second kappa shape index (κ2) is 4.19. The van der Waals surface area contributed by atoms with Crippen molar-refractivity contribution >= 4 is 12.6 Å². The molecule has 2 heteroatoms. The van der Waals surface area contributed by atoms with Gasteiger partial charge in [-0.1, -0.05) is 26.3 Å². The molecule has 0 spiro atoms. The normalized spacial score (nSPS) is 12.6. The first-order valence-electron chi connectivity index (χ1n) is 4.06. The summed E-state index contributed by atoms with van der Waals surface area (Å²) in [5.74, 6) is 0.781. The molecule has 0 aromatic carbocycles. The zero-order valence-electron chi connectivity index (χ0n) is 8.68. The van der Waals surface area contributed by atoms with Crippen LogP contribution in [0.15, 0.2) is 21.8 Å². The predicted octanol–water partition coefficient (Wildman–Crippen LogP) is 3.06. The maximum Gasteiger partial charge on any atom is 0.132 e. The van der Waals surface area contributed by atoms with Gasteiger partial charge < -0.3 is 0 Å². The van der Waals surface area contributed by atoms with Crippen molar-refractivity contribution in [2.45, 2.75) is 34.6 Å². The first-order valence-corrected chi connectivity index (χ1v) is 4.06. The smallest absolute Gasteiger partial charge is 0.132 e. The summed E-state index contributed by atoms with van der Waals surface area (Å²) in [4.78, 5) is 8.13. The van der Waals surface area contributed by atoms with Gasteiger partial charge in [0, 0.05) is 11.6 Å². The minimum Gasteiger partial charge on any atom is -0.249 e. The van der Waals surface area contributed by atoms with Crippen LogP contribution in [0.2, 0.25) is 0 Å². The Morgan fingerprint density at radius 1 is 1.25 bits per heavy atom. The Morgan fingerprint density at radius 2 is 1.75 bits per heavy atom. The highest BCUT2D eigenvalue weighted by Gasteiger charge is 2.16. The van der Waals surface area contributed by atoms with Crippen LogP contribution in [0.5, 0.6) is 0 Å². The maximum atomic E-state index is 4.24. The van der Waals surface area contributed by atoms with Gasteiger partial charge in [-0.25, -0.2) is 9.98 Å². The van der Waals surface area contributed by atoms with Crippen molar-refractivity contribution in [3.05, 3.63) is 11.8 Å². The van der Waals surface area contributed by atoms with Gasteiger partial charge in [-0.05, 0) is 20.6 Å². The summed E-state index contributed by atoms with van der Waals surface area (Å²) in [6, 6.07) is 0. The van der Waals surface area contributed by atoms with Gasteiger partial charge in [0.2, 0.25) is 0 Å². The summed E-state index contributed by atoms with van der Waals surface area (Å²) in [5, 5.41) is 0. The molecule has 0 saturated heterocycles. The fraction of sp³-hybridized carbons (Fsp3) is 0.600. The molecule has 68 valence electrons. The van der Waals surface area contributed by atoms with Crippen LogP contribution in [-0.4, -0.2) is 12.6 Å². The quantitative estimate of drug-likeness (QED) is 0.422. The number of nitrogens with zero attached hydrogens (tertiary/aromatic N) is 2. The van der Waals surface area contributed by atoms with E-state index < -0.39 is 0 Å². The molecule has 2 nitrogen and oxygen atoms in total. The Bertz CT molecular complexity index is 212. The summed E-state index contributed by atoms with van der Waals surface area (Å²) < 4.78 is 0. The monoisotopic (exact) mass is 166 g/mol. The lowest BCUT2D eigenvalue weighted by Gasteiger charge is -2.16. The largest absolute Gasteiger partial charge is 0.249 e. The fourth-order valence-electron chi connectivity index (χ4n) is 0.662. The third-order valence-electron chi connectivity index (χ3n) is 1.27. The highest BCUT2D eigenvalue weighted by atomic mass is 14.9. The second-order valence-electron chi connectivity index (χ2n) is 4.07. The topological polar surface area (TPSA) is 24.7 Å². The summed E-state index contributed by atoms with van der Waals surface area (Å²) in [6.07, 6.45) is 1.81. The van der Waals surface area contributed by atoms with E-state index in [0.717, 1.165) is 5.84 Å². The molecule has 0 aliphatic heterocycles. The molecule has 0 aliphatic carbocycles. The third kappa shape index (κ3) is 4.06. The van der Waals surface area contributed by atoms with Gasteiger partial charge in [0.1, 0.15) is 5.84 Å². The average molecular weight is 166 g/mol. The van der Waals surface area contributed by atoms with E-state index in [4.69, 9.17) is 0 Å². The first-order chi connectivity index (χ1) is 5.38. The molecular formula is C10H18N2. The van der Waals surface area contributed by atoms with Gasteiger partial charge in [-0.3, -0.25) is 0 Å². The molecule has 0 aromatic rings. The molecular weight excluding hydrogens is 148 g/mol. The van der Waals surface area contributed by atoms with Crippen molar-refractivity contribution in [1.29, 1.82) is 0 Å². The fourth-order valence-corrected chi connectivity index (χ4v) is 0.662. The SMILES string of the molecule is C=NC(=NC=C(C)C)C(C)(C)C. The summed E-state index contributed by atoms with van der Waals surface area (Å²) in [7, 11) is 0. The summed E-state index contributed by atoms with van der Waals surface area (Å²) in [6.45, 7) is 13.7. The van der Waals surface area contributed by atoms with E-state index in [0.29, 0.717) is 0 Å². The van der Waals surface area contributed by atoms with Crippen molar-refractivity contribution in [3.8, 4) is 0 Å². The molecule has 0 fully saturated rings. The highest BCUT2D eigenvalue weighted by Crippen LogP contribution is 2.16. The Morgan fingerprint density at radius 3 is 2.00 bits per heavy atom. The highest BCUT2D eigenvalue weighted by molar-refractivity contribution is 5.91. The lowest BCUT2D eigenvalue weighted by molar-refractivity contribution is 0.585. The number of hydrogen-bond acceptors (Lipinski definition) is 1. The molecule has 0 aromatic heterocycles. The van der Waals surface area contributed by atoms with Crippen molar-refractivity contribution in [2.24, 2.45) is 15.4 Å². The van der Waals surface area contributed by atoms with Crippen LogP contribution in [-0.2, 0) is 0 Å². The van der Waals surface area contributed by atoms with Crippen LogP contribution in [0.25, 0.3) is 0 Å². The zero-order valence-corrected chi connectivity index (χ0v) is 8.68. The van der Waals surface area contributed by atoms with Gasteiger partial charge in [-0.2, -0.15) is 0 Å². The van der Waals surface area contributed by atoms with Gasteiger partial charge in [0.15, 0.2) is 0 Å². The van der Waals surface area contributed by atoms with Gasteiger partial charge >= 0.3 is 0 Å². The van der Waals surface area contributed by atoms with Crippen LogP contribution in [0.4, 0.5) is 0 Å². The van der Waals surface area contributed by atoms with Gasteiger partial charge in [0.25, 0.3) is 0 Å². The molecule has 0 atom stereocenters. The molecule has 0 saturated carbocycles. The standard InChI is InChI=1S/C10H18N2/c1-8(2)7-12-9(11-6)10(3,4)5/h7H,6H2,1-5H3.